The van der Waals surface area contributed by atoms with Crippen LogP contribution >= 0.6 is 12.6 Å². The van der Waals surface area contributed by atoms with Gasteiger partial charge in [0.25, 0.3) is 0 Å². The maximum Gasteiger partial charge on any atom is 0.411 e. The lowest BCUT2D eigenvalue weighted by Gasteiger charge is -2.14. The third kappa shape index (κ3) is 5.29. The van der Waals surface area contributed by atoms with E-state index in [1.165, 1.54) is 0 Å². The van der Waals surface area contributed by atoms with Crippen molar-refractivity contribution in [1.29, 1.82) is 0 Å². The molecule has 0 aliphatic carbocycles. The summed E-state index contributed by atoms with van der Waals surface area (Å²) in [5.41, 5.74) is 1.50. The molecule has 1 aromatic rings. The minimum absolute atomic E-state index is 0.0673. The van der Waals surface area contributed by atoms with Gasteiger partial charge in [-0.15, -0.1) is 0 Å². The van der Waals surface area contributed by atoms with Crippen molar-refractivity contribution in [3.8, 4) is 0 Å². The van der Waals surface area contributed by atoms with Gasteiger partial charge in [-0.3, -0.25) is 0 Å². The molecule has 0 aliphatic heterocycles. The third-order valence-electron chi connectivity index (χ3n) is 2.35. The lowest BCUT2D eigenvalue weighted by Crippen LogP contribution is -2.19. The van der Waals surface area contributed by atoms with Gasteiger partial charge >= 0.3 is 6.18 Å². The van der Waals surface area contributed by atoms with Gasteiger partial charge in [-0.1, -0.05) is 24.3 Å². The second kappa shape index (κ2) is 6.45. The van der Waals surface area contributed by atoms with Crippen LogP contribution in [0.15, 0.2) is 24.3 Å². The largest absolute Gasteiger partial charge is 0.411 e. The molecule has 18 heavy (non-hydrogen) atoms. The van der Waals surface area contributed by atoms with Crippen molar-refractivity contribution in [2.24, 2.45) is 0 Å². The van der Waals surface area contributed by atoms with Gasteiger partial charge in [0.1, 0.15) is 12.7 Å². The molecule has 2 atom stereocenters. The Morgan fingerprint density at radius 1 is 1.22 bits per heavy atom. The Labute approximate surface area is 109 Å². The maximum atomic E-state index is 11.8. The Kier molecular flexibility index (Phi) is 5.49. The van der Waals surface area contributed by atoms with Crippen LogP contribution in [0.5, 0.6) is 0 Å². The van der Waals surface area contributed by atoms with E-state index in [2.05, 4.69) is 17.4 Å². The van der Waals surface area contributed by atoms with Gasteiger partial charge in [0.15, 0.2) is 0 Å². The number of rotatable bonds is 5. The third-order valence-corrected chi connectivity index (χ3v) is 2.64. The monoisotopic (exact) mass is 280 g/mol. The topological polar surface area (TPSA) is 29.5 Å². The molecular formula is C12H15F3O2S. The molecule has 0 fully saturated rings. The number of thiol groups is 1. The molecule has 0 heterocycles. The molecule has 2 unspecified atom stereocenters. The molecule has 0 bridgehead atoms. The van der Waals surface area contributed by atoms with Crippen molar-refractivity contribution in [2.45, 2.75) is 24.5 Å². The predicted octanol–water partition coefficient (Wildman–Crippen LogP) is 3.29. The summed E-state index contributed by atoms with van der Waals surface area (Å²) < 4.78 is 39.9. The van der Waals surface area contributed by atoms with E-state index in [-0.39, 0.29) is 11.9 Å². The van der Waals surface area contributed by atoms with Crippen molar-refractivity contribution in [3.63, 3.8) is 0 Å². The first-order chi connectivity index (χ1) is 8.29. The number of aliphatic hydroxyl groups excluding tert-OH is 1. The molecule has 0 aromatic heterocycles. The quantitative estimate of drug-likeness (QED) is 0.810. The van der Waals surface area contributed by atoms with Crippen molar-refractivity contribution in [3.05, 3.63) is 35.4 Å². The zero-order valence-electron chi connectivity index (χ0n) is 9.81. The first-order valence-electron chi connectivity index (χ1n) is 5.40. The average molecular weight is 280 g/mol. The van der Waals surface area contributed by atoms with E-state index in [0.29, 0.717) is 5.56 Å². The zero-order chi connectivity index (χ0) is 13.8. The van der Waals surface area contributed by atoms with Gasteiger partial charge in [-0.25, -0.2) is 0 Å². The molecular weight excluding hydrogens is 265 g/mol. The Bertz CT molecular complexity index is 363. The summed E-state index contributed by atoms with van der Waals surface area (Å²) in [7, 11) is 0. The van der Waals surface area contributed by atoms with Gasteiger partial charge in [0.05, 0.1) is 6.61 Å². The van der Waals surface area contributed by atoms with Crippen LogP contribution in [0, 0.1) is 0 Å². The molecule has 102 valence electrons. The van der Waals surface area contributed by atoms with Crippen LogP contribution in [0.25, 0.3) is 0 Å². The van der Waals surface area contributed by atoms with Crippen molar-refractivity contribution in [2.75, 3.05) is 13.2 Å². The molecule has 0 aliphatic rings. The summed E-state index contributed by atoms with van der Waals surface area (Å²) in [6.07, 6.45) is -5.43. The second-order valence-electron chi connectivity index (χ2n) is 3.99. The van der Waals surface area contributed by atoms with Crippen molar-refractivity contribution in [1.82, 2.24) is 0 Å². The average Bonchev–Trinajstić information content (AvgIpc) is 2.27. The van der Waals surface area contributed by atoms with E-state index in [0.717, 1.165) is 5.56 Å². The first-order valence-corrected chi connectivity index (χ1v) is 5.91. The Morgan fingerprint density at radius 2 is 1.72 bits per heavy atom. The summed E-state index contributed by atoms with van der Waals surface area (Å²) >= 11 is 4.25. The zero-order valence-corrected chi connectivity index (χ0v) is 10.7. The number of hydrogen-bond acceptors (Lipinski definition) is 3. The summed E-state index contributed by atoms with van der Waals surface area (Å²) in [6.45, 7) is 0.173. The molecule has 0 radical (unpaired) electrons. The van der Waals surface area contributed by atoms with Gasteiger partial charge in [-0.2, -0.15) is 25.8 Å². The van der Waals surface area contributed by atoms with Gasteiger partial charge < -0.3 is 9.84 Å². The first kappa shape index (κ1) is 15.3. The van der Waals surface area contributed by atoms with Crippen LogP contribution in [0.1, 0.15) is 29.4 Å². The summed E-state index contributed by atoms with van der Waals surface area (Å²) in [4.78, 5) is 0. The maximum absolute atomic E-state index is 11.8. The number of alkyl halides is 3. The molecule has 1 N–H and O–H groups in total. The Balaban J connectivity index is 2.49. The highest BCUT2D eigenvalue weighted by Gasteiger charge is 2.27. The molecule has 1 rings (SSSR count). The molecule has 6 heteroatoms. The lowest BCUT2D eigenvalue weighted by molar-refractivity contribution is -0.179. The number of hydrogen-bond donors (Lipinski definition) is 2. The normalized spacial score (nSPS) is 15.4. The molecule has 1 aromatic carbocycles. The highest BCUT2D eigenvalue weighted by Crippen LogP contribution is 2.22. The van der Waals surface area contributed by atoms with Crippen molar-refractivity contribution < 1.29 is 23.0 Å². The molecule has 0 amide bonds. The lowest BCUT2D eigenvalue weighted by atomic mass is 10.1. The SMILES string of the molecule is CC(S)c1ccc(C(O)COCC(F)(F)F)cc1. The summed E-state index contributed by atoms with van der Waals surface area (Å²) in [5, 5.41) is 9.70. The second-order valence-corrected chi connectivity index (χ2v) is 4.76. The van der Waals surface area contributed by atoms with E-state index in [1.54, 1.807) is 24.3 Å². The van der Waals surface area contributed by atoms with E-state index < -0.39 is 18.9 Å². The number of ether oxygens (including phenoxy) is 1. The Morgan fingerprint density at radius 3 is 2.17 bits per heavy atom. The molecule has 0 saturated heterocycles. The Hall–Kier alpha value is -0.720. The van der Waals surface area contributed by atoms with Crippen LogP contribution in [-0.4, -0.2) is 24.5 Å². The highest BCUT2D eigenvalue weighted by molar-refractivity contribution is 7.80. The highest BCUT2D eigenvalue weighted by atomic mass is 32.1. The fourth-order valence-corrected chi connectivity index (χ4v) is 1.55. The minimum atomic E-state index is -4.37. The van der Waals surface area contributed by atoms with Gasteiger partial charge in [0.2, 0.25) is 0 Å². The summed E-state index contributed by atoms with van der Waals surface area (Å²) in [5.74, 6) is 0. The van der Waals surface area contributed by atoms with Crippen molar-refractivity contribution >= 4 is 12.6 Å². The molecule has 0 spiro atoms. The fourth-order valence-electron chi connectivity index (χ4n) is 1.38. The van der Waals surface area contributed by atoms with E-state index in [4.69, 9.17) is 0 Å². The van der Waals surface area contributed by atoms with E-state index >= 15 is 0 Å². The van der Waals surface area contributed by atoms with E-state index in [9.17, 15) is 18.3 Å². The van der Waals surface area contributed by atoms with Crippen LogP contribution in [0.4, 0.5) is 13.2 Å². The fraction of sp³-hybridized carbons (Fsp3) is 0.500. The van der Waals surface area contributed by atoms with Gasteiger partial charge in [0, 0.05) is 5.25 Å². The predicted molar refractivity (Wildman–Crippen MR) is 65.7 cm³/mol. The standard InChI is InChI=1S/C12H15F3O2S/c1-8(18)9-2-4-10(5-3-9)11(16)6-17-7-12(13,14)15/h2-5,8,11,16,18H,6-7H2,1H3. The van der Waals surface area contributed by atoms with Crippen LogP contribution in [0.2, 0.25) is 0 Å². The van der Waals surface area contributed by atoms with Crippen LogP contribution in [-0.2, 0) is 4.74 Å². The van der Waals surface area contributed by atoms with Crippen LogP contribution in [0.3, 0.4) is 0 Å². The van der Waals surface area contributed by atoms with Gasteiger partial charge in [-0.05, 0) is 18.1 Å². The molecule has 2 nitrogen and oxygen atoms in total. The number of halogens is 3. The minimum Gasteiger partial charge on any atom is -0.386 e. The summed E-state index contributed by atoms with van der Waals surface area (Å²) in [6, 6.07) is 6.87. The molecule has 0 saturated carbocycles. The number of benzene rings is 1. The number of aliphatic hydroxyl groups is 1. The van der Waals surface area contributed by atoms with Crippen LogP contribution < -0.4 is 0 Å². The van der Waals surface area contributed by atoms with E-state index in [1.807, 2.05) is 6.92 Å². The smallest absolute Gasteiger partial charge is 0.386 e.